The zero-order valence-electron chi connectivity index (χ0n) is 12.7. The lowest BCUT2D eigenvalue weighted by Crippen LogP contribution is -2.17. The number of anilines is 1. The van der Waals surface area contributed by atoms with E-state index < -0.39 is 6.23 Å². The number of ether oxygens (including phenoxy) is 1. The van der Waals surface area contributed by atoms with Gasteiger partial charge in [-0.15, -0.1) is 10.2 Å². The molecule has 0 unspecified atom stereocenters. The van der Waals surface area contributed by atoms with E-state index in [9.17, 15) is 0 Å². The molecule has 7 heteroatoms. The number of fused-ring (bicyclic) bond motifs is 3. The maximum Gasteiger partial charge on any atom is 0.247 e. The number of hydrogen-bond acceptors (Lipinski definition) is 6. The van der Waals surface area contributed by atoms with Crippen molar-refractivity contribution < 1.29 is 4.74 Å². The number of nitrogens with one attached hydrogen (secondary N) is 1. The minimum atomic E-state index is -0.465. The number of halogens is 1. The van der Waals surface area contributed by atoms with Crippen molar-refractivity contribution in [2.45, 2.75) is 11.4 Å². The van der Waals surface area contributed by atoms with Crippen LogP contribution in [-0.4, -0.2) is 21.4 Å². The van der Waals surface area contributed by atoms with E-state index in [0.717, 1.165) is 16.8 Å². The molecule has 1 aliphatic rings. The van der Waals surface area contributed by atoms with Gasteiger partial charge in [-0.1, -0.05) is 59.8 Å². The quantitative estimate of drug-likeness (QED) is 0.686. The first-order chi connectivity index (χ1) is 11.8. The Morgan fingerprint density at radius 2 is 1.88 bits per heavy atom. The third-order valence-corrected chi connectivity index (χ3v) is 4.59. The molecule has 0 spiro atoms. The summed E-state index contributed by atoms with van der Waals surface area (Å²) in [5, 5.41) is 13.0. The first-order valence-corrected chi connectivity index (χ1v) is 8.92. The fraction of sp³-hybridized carbons (Fsp3) is 0.118. The van der Waals surface area contributed by atoms with Crippen molar-refractivity contribution in [2.24, 2.45) is 0 Å². The molecule has 120 valence electrons. The number of benzene rings is 2. The SMILES string of the molecule is CSc1nnc2c(n1)O[C@H](c1ccccc1Cl)Nc1ccccc1-2. The second-order valence-electron chi connectivity index (χ2n) is 5.16. The molecule has 1 atom stereocenters. The normalized spacial score (nSPS) is 15.5. The molecule has 5 nitrogen and oxygen atoms in total. The Balaban J connectivity index is 1.89. The summed E-state index contributed by atoms with van der Waals surface area (Å²) in [4.78, 5) is 4.48. The van der Waals surface area contributed by atoms with Gasteiger partial charge in [0.25, 0.3) is 0 Å². The van der Waals surface area contributed by atoms with Crippen molar-refractivity contribution in [1.29, 1.82) is 0 Å². The lowest BCUT2D eigenvalue weighted by atomic mass is 10.1. The molecule has 1 N–H and O–H groups in total. The fourth-order valence-corrected chi connectivity index (χ4v) is 3.09. The average molecular weight is 357 g/mol. The number of rotatable bonds is 2. The van der Waals surface area contributed by atoms with E-state index in [4.69, 9.17) is 16.3 Å². The molecule has 1 aromatic heterocycles. The Kier molecular flexibility index (Phi) is 4.00. The monoisotopic (exact) mass is 356 g/mol. The summed E-state index contributed by atoms with van der Waals surface area (Å²) in [6.07, 6.45) is 1.44. The van der Waals surface area contributed by atoms with E-state index in [0.29, 0.717) is 21.8 Å². The second kappa shape index (κ2) is 6.30. The molecular formula is C17H13ClN4OS. The zero-order chi connectivity index (χ0) is 16.5. The molecule has 2 aromatic carbocycles. The van der Waals surface area contributed by atoms with Crippen molar-refractivity contribution in [3.63, 3.8) is 0 Å². The molecule has 0 amide bonds. The summed E-state index contributed by atoms with van der Waals surface area (Å²) < 4.78 is 6.13. The summed E-state index contributed by atoms with van der Waals surface area (Å²) in [7, 11) is 0. The van der Waals surface area contributed by atoms with Crippen LogP contribution < -0.4 is 10.1 Å². The zero-order valence-corrected chi connectivity index (χ0v) is 14.3. The first-order valence-electron chi connectivity index (χ1n) is 7.32. The highest BCUT2D eigenvalue weighted by molar-refractivity contribution is 7.98. The van der Waals surface area contributed by atoms with Crippen LogP contribution in [0.3, 0.4) is 0 Å². The Bertz CT molecular complexity index is 905. The predicted molar refractivity (Wildman–Crippen MR) is 95.5 cm³/mol. The van der Waals surface area contributed by atoms with Gasteiger partial charge in [0.15, 0.2) is 11.9 Å². The van der Waals surface area contributed by atoms with Gasteiger partial charge >= 0.3 is 0 Å². The minimum Gasteiger partial charge on any atom is -0.448 e. The number of aromatic nitrogens is 3. The highest BCUT2D eigenvalue weighted by Gasteiger charge is 2.26. The van der Waals surface area contributed by atoms with Crippen LogP contribution in [-0.2, 0) is 0 Å². The summed E-state index contributed by atoms with van der Waals surface area (Å²) in [5.41, 5.74) is 3.25. The highest BCUT2D eigenvalue weighted by Crippen LogP contribution is 2.40. The van der Waals surface area contributed by atoms with Crippen LogP contribution in [0.4, 0.5) is 5.69 Å². The number of para-hydroxylation sites is 1. The molecule has 0 saturated heterocycles. The molecule has 0 radical (unpaired) electrons. The van der Waals surface area contributed by atoms with E-state index in [2.05, 4.69) is 20.5 Å². The molecule has 1 aliphatic heterocycles. The van der Waals surface area contributed by atoms with Crippen molar-refractivity contribution in [3.8, 4) is 17.1 Å². The topological polar surface area (TPSA) is 59.9 Å². The maximum atomic E-state index is 6.35. The predicted octanol–water partition coefficient (Wildman–Crippen LogP) is 4.42. The minimum absolute atomic E-state index is 0.441. The molecule has 4 rings (SSSR count). The Labute approximate surface area is 148 Å². The lowest BCUT2D eigenvalue weighted by molar-refractivity contribution is 0.225. The van der Waals surface area contributed by atoms with Gasteiger partial charge in [0.2, 0.25) is 11.0 Å². The number of thioether (sulfide) groups is 1. The smallest absolute Gasteiger partial charge is 0.247 e. The van der Waals surface area contributed by atoms with Crippen LogP contribution in [0.15, 0.2) is 53.7 Å². The van der Waals surface area contributed by atoms with Crippen molar-refractivity contribution in [1.82, 2.24) is 15.2 Å². The summed E-state index contributed by atoms with van der Waals surface area (Å²) in [5.74, 6) is 0.441. The van der Waals surface area contributed by atoms with Gasteiger partial charge in [0.1, 0.15) is 0 Å². The van der Waals surface area contributed by atoms with Crippen molar-refractivity contribution in [2.75, 3.05) is 11.6 Å². The van der Waals surface area contributed by atoms with Gasteiger partial charge in [-0.25, -0.2) is 0 Å². The van der Waals surface area contributed by atoms with E-state index in [-0.39, 0.29) is 0 Å². The number of nitrogens with zero attached hydrogens (tertiary/aromatic N) is 3. The van der Waals surface area contributed by atoms with Gasteiger partial charge < -0.3 is 10.1 Å². The molecule has 24 heavy (non-hydrogen) atoms. The first kappa shape index (κ1) is 15.2. The van der Waals surface area contributed by atoms with E-state index in [1.54, 1.807) is 0 Å². The summed E-state index contributed by atoms with van der Waals surface area (Å²) in [6.45, 7) is 0. The Morgan fingerprint density at radius 1 is 1.08 bits per heavy atom. The van der Waals surface area contributed by atoms with Gasteiger partial charge in [-0.05, 0) is 18.4 Å². The third-order valence-electron chi connectivity index (χ3n) is 3.70. The fourth-order valence-electron chi connectivity index (χ4n) is 2.56. The van der Waals surface area contributed by atoms with Crippen LogP contribution in [0.5, 0.6) is 5.88 Å². The molecule has 0 bridgehead atoms. The second-order valence-corrected chi connectivity index (χ2v) is 6.34. The summed E-state index contributed by atoms with van der Waals surface area (Å²) >= 11 is 7.77. The molecule has 0 saturated carbocycles. The van der Waals surface area contributed by atoms with Gasteiger partial charge in [-0.3, -0.25) is 0 Å². The third kappa shape index (κ3) is 2.68. The van der Waals surface area contributed by atoms with Crippen molar-refractivity contribution >= 4 is 29.1 Å². The van der Waals surface area contributed by atoms with Crippen LogP contribution in [0.2, 0.25) is 5.02 Å². The molecule has 0 aliphatic carbocycles. The maximum absolute atomic E-state index is 6.35. The van der Waals surface area contributed by atoms with Crippen LogP contribution in [0.25, 0.3) is 11.3 Å². The molecule has 3 aromatic rings. The Hall–Kier alpha value is -2.31. The number of hydrogen-bond donors (Lipinski definition) is 1. The van der Waals surface area contributed by atoms with Crippen LogP contribution >= 0.6 is 23.4 Å². The van der Waals surface area contributed by atoms with Gasteiger partial charge in [0, 0.05) is 21.8 Å². The lowest BCUT2D eigenvalue weighted by Gasteiger charge is -2.20. The average Bonchev–Trinajstić information content (AvgIpc) is 2.78. The molecular weight excluding hydrogens is 344 g/mol. The van der Waals surface area contributed by atoms with E-state index >= 15 is 0 Å². The largest absolute Gasteiger partial charge is 0.448 e. The Morgan fingerprint density at radius 3 is 2.71 bits per heavy atom. The van der Waals surface area contributed by atoms with Gasteiger partial charge in [-0.2, -0.15) is 4.98 Å². The van der Waals surface area contributed by atoms with Crippen molar-refractivity contribution in [3.05, 3.63) is 59.1 Å². The highest BCUT2D eigenvalue weighted by atomic mass is 35.5. The van der Waals surface area contributed by atoms with Crippen LogP contribution in [0, 0.1) is 0 Å². The van der Waals surface area contributed by atoms with Crippen LogP contribution in [0.1, 0.15) is 11.8 Å². The van der Waals surface area contributed by atoms with E-state index in [1.165, 1.54) is 11.8 Å². The molecule has 0 fully saturated rings. The standard InChI is InChI=1S/C17H13ClN4OS/c1-24-17-20-16-14(21-22-17)11-7-3-5-9-13(11)19-15(23-16)10-6-2-4-8-12(10)18/h2-9,15,19H,1H3/t15-/m1/s1. The van der Waals surface area contributed by atoms with E-state index in [1.807, 2.05) is 54.8 Å². The van der Waals surface area contributed by atoms with Gasteiger partial charge in [0.05, 0.1) is 0 Å². The molecule has 2 heterocycles. The summed E-state index contributed by atoms with van der Waals surface area (Å²) in [6, 6.07) is 15.4.